The van der Waals surface area contributed by atoms with Crippen molar-refractivity contribution in [2.24, 2.45) is 5.92 Å². The maximum absolute atomic E-state index is 12.3. The van der Waals surface area contributed by atoms with Gasteiger partial charge in [-0.15, -0.1) is 0 Å². The summed E-state index contributed by atoms with van der Waals surface area (Å²) in [6, 6.07) is 8.10. The molecule has 140 valence electrons. The van der Waals surface area contributed by atoms with E-state index in [1.807, 2.05) is 24.1 Å². The van der Waals surface area contributed by atoms with Crippen LogP contribution in [0, 0.1) is 5.92 Å². The van der Waals surface area contributed by atoms with E-state index in [0.717, 1.165) is 51.3 Å². The molecule has 1 atom stereocenters. The lowest BCUT2D eigenvalue weighted by atomic mass is 9.97. The van der Waals surface area contributed by atoms with Crippen molar-refractivity contribution in [1.82, 2.24) is 10.2 Å². The Kier molecular flexibility index (Phi) is 8.77. The summed E-state index contributed by atoms with van der Waals surface area (Å²) in [5, 5.41) is 3.22. The Morgan fingerprint density at radius 1 is 1.28 bits per heavy atom. The van der Waals surface area contributed by atoms with Gasteiger partial charge in [-0.05, 0) is 62.9 Å². The van der Waals surface area contributed by atoms with Gasteiger partial charge in [-0.1, -0.05) is 12.1 Å². The van der Waals surface area contributed by atoms with Crippen molar-refractivity contribution in [2.75, 3.05) is 47.0 Å². The Bertz CT molecular complexity index is 502. The third-order valence-electron chi connectivity index (χ3n) is 4.69. The number of nitrogens with one attached hydrogen (secondary N) is 1. The highest BCUT2D eigenvalue weighted by molar-refractivity contribution is 5.76. The molecule has 1 aliphatic rings. The normalized spacial score (nSPS) is 17.5. The van der Waals surface area contributed by atoms with Gasteiger partial charge in [0.15, 0.2) is 0 Å². The summed E-state index contributed by atoms with van der Waals surface area (Å²) in [6.07, 6.45) is 4.57. The summed E-state index contributed by atoms with van der Waals surface area (Å²) in [7, 11) is 3.69. The van der Waals surface area contributed by atoms with Gasteiger partial charge in [0.25, 0.3) is 0 Å². The second-order valence-electron chi connectivity index (χ2n) is 6.74. The lowest BCUT2D eigenvalue weighted by molar-refractivity contribution is -0.133. The first kappa shape index (κ1) is 19.7. The molecule has 1 heterocycles. The number of rotatable bonds is 10. The van der Waals surface area contributed by atoms with Gasteiger partial charge in [-0.25, -0.2) is 0 Å². The molecule has 0 spiro atoms. The molecule has 1 saturated heterocycles. The highest BCUT2D eigenvalue weighted by atomic mass is 16.5. The molecule has 0 radical (unpaired) electrons. The average Bonchev–Trinajstić information content (AvgIpc) is 2.65. The van der Waals surface area contributed by atoms with Crippen molar-refractivity contribution in [3.8, 4) is 5.75 Å². The standard InChI is InChI=1S/C20H32N2O3/c1-21-15-18-5-3-12-22(16-18)20(23)6-4-13-25-19-9-7-17(8-10-19)11-14-24-2/h7-10,18,21H,3-6,11-16H2,1-2H3. The minimum atomic E-state index is 0.263. The average molecular weight is 348 g/mol. The van der Waals surface area contributed by atoms with Gasteiger partial charge in [-0.3, -0.25) is 4.79 Å². The predicted octanol–water partition coefficient (Wildman–Crippen LogP) is 2.49. The number of methoxy groups -OCH3 is 1. The molecule has 25 heavy (non-hydrogen) atoms. The van der Waals surface area contributed by atoms with E-state index < -0.39 is 0 Å². The molecule has 1 fully saturated rings. The molecule has 0 aliphatic carbocycles. The summed E-state index contributed by atoms with van der Waals surface area (Å²) in [4.78, 5) is 14.4. The van der Waals surface area contributed by atoms with Crippen molar-refractivity contribution in [1.29, 1.82) is 0 Å². The SMILES string of the molecule is CNCC1CCCN(C(=O)CCCOc2ccc(CCOC)cc2)C1. The van der Waals surface area contributed by atoms with Gasteiger partial charge in [0.05, 0.1) is 13.2 Å². The number of ether oxygens (including phenoxy) is 2. The summed E-state index contributed by atoms with van der Waals surface area (Å²) in [6.45, 7) is 4.10. The fourth-order valence-electron chi connectivity index (χ4n) is 3.29. The van der Waals surface area contributed by atoms with E-state index in [9.17, 15) is 4.79 Å². The predicted molar refractivity (Wildman–Crippen MR) is 100.0 cm³/mol. The summed E-state index contributed by atoms with van der Waals surface area (Å²) in [5.74, 6) is 1.72. The van der Waals surface area contributed by atoms with Crippen LogP contribution in [0.25, 0.3) is 0 Å². The molecule has 1 aliphatic heterocycles. The topological polar surface area (TPSA) is 50.8 Å². The largest absolute Gasteiger partial charge is 0.494 e. The molecule has 1 aromatic carbocycles. The Morgan fingerprint density at radius 2 is 2.08 bits per heavy atom. The van der Waals surface area contributed by atoms with Gasteiger partial charge in [-0.2, -0.15) is 0 Å². The first-order valence-corrected chi connectivity index (χ1v) is 9.36. The number of hydrogen-bond donors (Lipinski definition) is 1. The number of piperidine rings is 1. The molecule has 5 heteroatoms. The number of carbonyl (C=O) groups excluding carboxylic acids is 1. The molecule has 1 unspecified atom stereocenters. The van der Waals surface area contributed by atoms with E-state index in [1.165, 1.54) is 12.0 Å². The lowest BCUT2D eigenvalue weighted by Gasteiger charge is -2.32. The van der Waals surface area contributed by atoms with Crippen LogP contribution in [0.2, 0.25) is 0 Å². The Balaban J connectivity index is 1.64. The highest BCUT2D eigenvalue weighted by Gasteiger charge is 2.22. The molecular formula is C20H32N2O3. The molecule has 1 amide bonds. The second kappa shape index (κ2) is 11.1. The van der Waals surface area contributed by atoms with E-state index >= 15 is 0 Å². The van der Waals surface area contributed by atoms with E-state index in [0.29, 0.717) is 18.9 Å². The minimum Gasteiger partial charge on any atom is -0.494 e. The van der Waals surface area contributed by atoms with Gasteiger partial charge in [0, 0.05) is 26.6 Å². The zero-order chi connectivity index (χ0) is 17.9. The number of hydrogen-bond acceptors (Lipinski definition) is 4. The van der Waals surface area contributed by atoms with Crippen molar-refractivity contribution in [2.45, 2.75) is 32.1 Å². The molecule has 2 rings (SSSR count). The number of benzene rings is 1. The van der Waals surface area contributed by atoms with Crippen LogP contribution in [0.15, 0.2) is 24.3 Å². The summed E-state index contributed by atoms with van der Waals surface area (Å²) in [5.41, 5.74) is 1.24. The van der Waals surface area contributed by atoms with Gasteiger partial charge < -0.3 is 19.7 Å². The third-order valence-corrected chi connectivity index (χ3v) is 4.69. The van der Waals surface area contributed by atoms with Crippen molar-refractivity contribution >= 4 is 5.91 Å². The van der Waals surface area contributed by atoms with Crippen molar-refractivity contribution in [3.63, 3.8) is 0 Å². The number of amides is 1. The molecule has 0 saturated carbocycles. The summed E-state index contributed by atoms with van der Waals surface area (Å²) < 4.78 is 10.8. The number of likely N-dealkylation sites (tertiary alicyclic amines) is 1. The van der Waals surface area contributed by atoms with Gasteiger partial charge in [0.2, 0.25) is 5.91 Å². The van der Waals surface area contributed by atoms with Crippen LogP contribution >= 0.6 is 0 Å². The molecular weight excluding hydrogens is 316 g/mol. The van der Waals surface area contributed by atoms with Crippen molar-refractivity contribution in [3.05, 3.63) is 29.8 Å². The number of nitrogens with zero attached hydrogens (tertiary/aromatic N) is 1. The van der Waals surface area contributed by atoms with Crippen LogP contribution in [0.5, 0.6) is 5.75 Å². The zero-order valence-corrected chi connectivity index (χ0v) is 15.6. The second-order valence-corrected chi connectivity index (χ2v) is 6.74. The molecule has 0 aromatic heterocycles. The minimum absolute atomic E-state index is 0.263. The number of carbonyl (C=O) groups is 1. The van der Waals surface area contributed by atoms with Crippen LogP contribution in [-0.2, 0) is 16.0 Å². The van der Waals surface area contributed by atoms with Crippen LogP contribution in [0.1, 0.15) is 31.2 Å². The van der Waals surface area contributed by atoms with Crippen LogP contribution in [0.4, 0.5) is 0 Å². The fourth-order valence-corrected chi connectivity index (χ4v) is 3.29. The smallest absolute Gasteiger partial charge is 0.222 e. The summed E-state index contributed by atoms with van der Waals surface area (Å²) >= 11 is 0. The van der Waals surface area contributed by atoms with Gasteiger partial charge >= 0.3 is 0 Å². The first-order valence-electron chi connectivity index (χ1n) is 9.36. The molecule has 1 aromatic rings. The fraction of sp³-hybridized carbons (Fsp3) is 0.650. The first-order chi connectivity index (χ1) is 12.2. The zero-order valence-electron chi connectivity index (χ0n) is 15.6. The van der Waals surface area contributed by atoms with E-state index in [-0.39, 0.29) is 5.91 Å². The Morgan fingerprint density at radius 3 is 2.80 bits per heavy atom. The Hall–Kier alpha value is -1.59. The Labute approximate surface area is 151 Å². The monoisotopic (exact) mass is 348 g/mol. The third kappa shape index (κ3) is 7.04. The molecule has 0 bridgehead atoms. The maximum Gasteiger partial charge on any atom is 0.222 e. The molecule has 1 N–H and O–H groups in total. The highest BCUT2D eigenvalue weighted by Crippen LogP contribution is 2.17. The maximum atomic E-state index is 12.3. The van der Waals surface area contributed by atoms with E-state index in [1.54, 1.807) is 7.11 Å². The van der Waals surface area contributed by atoms with E-state index in [4.69, 9.17) is 9.47 Å². The van der Waals surface area contributed by atoms with Crippen LogP contribution in [0.3, 0.4) is 0 Å². The van der Waals surface area contributed by atoms with Crippen molar-refractivity contribution < 1.29 is 14.3 Å². The van der Waals surface area contributed by atoms with Gasteiger partial charge in [0.1, 0.15) is 5.75 Å². The quantitative estimate of drug-likeness (QED) is 0.660. The van der Waals surface area contributed by atoms with Crippen LogP contribution in [-0.4, -0.2) is 57.8 Å². The molecule has 5 nitrogen and oxygen atoms in total. The van der Waals surface area contributed by atoms with Crippen LogP contribution < -0.4 is 10.1 Å². The lowest BCUT2D eigenvalue weighted by Crippen LogP contribution is -2.42. The van der Waals surface area contributed by atoms with E-state index in [2.05, 4.69) is 17.4 Å².